The molecule has 2 N–H and O–H groups in total. The van der Waals surface area contributed by atoms with E-state index in [0.29, 0.717) is 12.8 Å². The van der Waals surface area contributed by atoms with Crippen molar-refractivity contribution < 1.29 is 37.3 Å². The molecule has 0 amide bonds. The fourth-order valence-corrected chi connectivity index (χ4v) is 11.4. The van der Waals surface area contributed by atoms with Gasteiger partial charge >= 0.3 is 13.8 Å². The van der Waals surface area contributed by atoms with Gasteiger partial charge in [-0.2, -0.15) is 0 Å². The predicted molar refractivity (Wildman–Crippen MR) is 110 cm³/mol. The van der Waals surface area contributed by atoms with E-state index in [1.165, 1.54) is 0 Å². The van der Waals surface area contributed by atoms with E-state index < -0.39 is 43.1 Å². The highest BCUT2D eigenvalue weighted by Crippen LogP contribution is 2.43. The number of aliphatic hydroxyl groups is 1. The van der Waals surface area contributed by atoms with Crippen LogP contribution in [0.25, 0.3) is 0 Å². The first-order valence-electron chi connectivity index (χ1n) is 9.42. The lowest BCUT2D eigenvalue weighted by molar-refractivity contribution is -0.147. The van der Waals surface area contributed by atoms with Crippen molar-refractivity contribution in [2.45, 2.75) is 77.5 Å². The number of unbranched alkanes of at least 4 members (excludes halogenated alkanes) is 1. The van der Waals surface area contributed by atoms with Gasteiger partial charge in [0, 0.05) is 6.42 Å². The van der Waals surface area contributed by atoms with Crippen LogP contribution in [0, 0.1) is 0 Å². The third-order valence-electron chi connectivity index (χ3n) is 3.32. The van der Waals surface area contributed by atoms with Crippen molar-refractivity contribution >= 4 is 30.4 Å². The second kappa shape index (κ2) is 12.5. The Labute approximate surface area is 165 Å². The van der Waals surface area contributed by atoms with Crippen molar-refractivity contribution in [2.75, 3.05) is 19.8 Å². The number of carbonyl (C=O) groups is 1. The summed E-state index contributed by atoms with van der Waals surface area (Å²) in [5.74, 6) is -0.408. The quantitative estimate of drug-likeness (QED) is 0.170. The monoisotopic (exact) mass is 444 g/mol. The van der Waals surface area contributed by atoms with E-state index >= 15 is 0 Å². The van der Waals surface area contributed by atoms with E-state index in [-0.39, 0.29) is 19.6 Å². The van der Waals surface area contributed by atoms with Gasteiger partial charge in [0.05, 0.1) is 13.2 Å². The molecule has 0 aromatic carbocycles. The van der Waals surface area contributed by atoms with Crippen molar-refractivity contribution in [1.82, 2.24) is 0 Å². The SMILES string of the molecule is CCCOP(=O)(O)OCC(O)COC(=O)CCCC[Si](C)(C)O[Si](C)(C)C. The molecule has 11 heteroatoms. The van der Waals surface area contributed by atoms with Crippen LogP contribution in [-0.2, 0) is 27.3 Å². The fourth-order valence-electron chi connectivity index (χ4n) is 2.43. The molecule has 0 fully saturated rings. The topological polar surface area (TPSA) is 112 Å². The number of esters is 1. The molecule has 0 heterocycles. The Balaban J connectivity index is 3.92. The van der Waals surface area contributed by atoms with Crippen LogP contribution in [0.1, 0.15) is 32.6 Å². The first-order valence-corrected chi connectivity index (χ1v) is 17.4. The Bertz CT molecular complexity index is 482. The van der Waals surface area contributed by atoms with E-state index in [9.17, 15) is 19.4 Å². The molecule has 8 nitrogen and oxygen atoms in total. The number of phosphoric ester groups is 1. The molecule has 0 saturated carbocycles. The maximum Gasteiger partial charge on any atom is 0.472 e. The van der Waals surface area contributed by atoms with E-state index in [0.717, 1.165) is 12.5 Å². The summed E-state index contributed by atoms with van der Waals surface area (Å²) in [7, 11) is -7.41. The van der Waals surface area contributed by atoms with Crippen LogP contribution >= 0.6 is 7.82 Å². The highest BCUT2D eigenvalue weighted by molar-refractivity contribution is 7.47. The first kappa shape index (κ1) is 26.9. The molecular formula is C16H37O8PSi2. The number of hydrogen-bond donors (Lipinski definition) is 2. The van der Waals surface area contributed by atoms with Crippen LogP contribution in [0.3, 0.4) is 0 Å². The smallest absolute Gasteiger partial charge is 0.463 e. The van der Waals surface area contributed by atoms with Crippen LogP contribution in [-0.4, -0.2) is 58.5 Å². The van der Waals surface area contributed by atoms with Crippen molar-refractivity contribution in [2.24, 2.45) is 0 Å². The van der Waals surface area contributed by atoms with Gasteiger partial charge < -0.3 is 18.9 Å². The molecular weight excluding hydrogens is 407 g/mol. The number of ether oxygens (including phenoxy) is 1. The van der Waals surface area contributed by atoms with Crippen LogP contribution in [0.5, 0.6) is 0 Å². The first-order chi connectivity index (χ1) is 12.3. The second-order valence-corrected chi connectivity index (χ2v) is 18.6. The summed E-state index contributed by atoms with van der Waals surface area (Å²) in [5.41, 5.74) is 0. The minimum Gasteiger partial charge on any atom is -0.463 e. The molecule has 0 spiro atoms. The van der Waals surface area contributed by atoms with E-state index in [2.05, 4.69) is 41.8 Å². The lowest BCUT2D eigenvalue weighted by atomic mass is 10.2. The lowest BCUT2D eigenvalue weighted by Crippen LogP contribution is -2.42. The Morgan fingerprint density at radius 3 is 2.26 bits per heavy atom. The van der Waals surface area contributed by atoms with Gasteiger partial charge in [0.1, 0.15) is 12.7 Å². The molecule has 0 aliphatic rings. The van der Waals surface area contributed by atoms with Crippen LogP contribution in [0.15, 0.2) is 0 Å². The van der Waals surface area contributed by atoms with Gasteiger partial charge in [-0.3, -0.25) is 13.8 Å². The number of phosphoric acid groups is 1. The third-order valence-corrected chi connectivity index (χ3v) is 10.5. The third kappa shape index (κ3) is 16.6. The van der Waals surface area contributed by atoms with Gasteiger partial charge in [0.25, 0.3) is 0 Å². The largest absolute Gasteiger partial charge is 0.472 e. The zero-order valence-corrected chi connectivity index (χ0v) is 20.4. The van der Waals surface area contributed by atoms with Crippen molar-refractivity contribution in [1.29, 1.82) is 0 Å². The molecule has 27 heavy (non-hydrogen) atoms. The van der Waals surface area contributed by atoms with Gasteiger partial charge in [0.2, 0.25) is 0 Å². The van der Waals surface area contributed by atoms with Crippen molar-refractivity contribution in [3.63, 3.8) is 0 Å². The number of aliphatic hydroxyl groups excluding tert-OH is 1. The number of carbonyl (C=O) groups excluding carboxylic acids is 1. The molecule has 0 aromatic heterocycles. The zero-order chi connectivity index (χ0) is 21.1. The highest BCUT2D eigenvalue weighted by Gasteiger charge is 2.29. The summed E-state index contributed by atoms with van der Waals surface area (Å²) >= 11 is 0. The van der Waals surface area contributed by atoms with Gasteiger partial charge in [-0.15, -0.1) is 0 Å². The Morgan fingerprint density at radius 1 is 1.07 bits per heavy atom. The van der Waals surface area contributed by atoms with Gasteiger partial charge in [-0.05, 0) is 51.6 Å². The molecule has 0 bridgehead atoms. The van der Waals surface area contributed by atoms with Crippen LogP contribution < -0.4 is 0 Å². The summed E-state index contributed by atoms with van der Waals surface area (Å²) in [5, 5.41) is 9.68. The van der Waals surface area contributed by atoms with Crippen molar-refractivity contribution in [3.05, 3.63) is 0 Å². The van der Waals surface area contributed by atoms with Gasteiger partial charge in [-0.25, -0.2) is 4.57 Å². The van der Waals surface area contributed by atoms with Crippen LogP contribution in [0.2, 0.25) is 38.8 Å². The standard InChI is InChI=1S/C16H37O8PSi2/c1-7-11-22-25(19,20)23-14-15(17)13-21-16(18)10-8-9-12-27(5,6)24-26(2,3)4/h15,17H,7-14H2,1-6H3,(H,19,20). The van der Waals surface area contributed by atoms with E-state index in [1.54, 1.807) is 6.92 Å². The zero-order valence-electron chi connectivity index (χ0n) is 17.5. The minimum absolute atomic E-state index is 0.0848. The highest BCUT2D eigenvalue weighted by atomic mass is 31.2. The molecule has 2 unspecified atom stereocenters. The van der Waals surface area contributed by atoms with Gasteiger partial charge in [-0.1, -0.05) is 13.3 Å². The minimum atomic E-state index is -4.17. The molecule has 0 aliphatic carbocycles. The number of hydrogen-bond acceptors (Lipinski definition) is 7. The number of rotatable bonds is 15. The maximum atomic E-state index is 11.7. The molecule has 0 rings (SSSR count). The molecule has 0 aromatic rings. The van der Waals surface area contributed by atoms with Crippen LogP contribution in [0.4, 0.5) is 0 Å². The molecule has 162 valence electrons. The maximum absolute atomic E-state index is 11.7. The van der Waals surface area contributed by atoms with Gasteiger partial charge in [0.15, 0.2) is 16.6 Å². The summed E-state index contributed by atoms with van der Waals surface area (Å²) in [4.78, 5) is 21.1. The summed E-state index contributed by atoms with van der Waals surface area (Å²) in [6.07, 6.45) is 1.25. The average molecular weight is 445 g/mol. The van der Waals surface area contributed by atoms with Crippen molar-refractivity contribution in [3.8, 4) is 0 Å². The molecule has 0 radical (unpaired) electrons. The molecule has 0 saturated heterocycles. The summed E-state index contributed by atoms with van der Waals surface area (Å²) in [6.45, 7) is 12.1. The van der Waals surface area contributed by atoms with E-state index in [4.69, 9.17) is 8.85 Å². The molecule has 0 aliphatic heterocycles. The Hall–Kier alpha value is -0.0662. The Morgan fingerprint density at radius 2 is 1.70 bits per heavy atom. The average Bonchev–Trinajstić information content (AvgIpc) is 2.51. The molecule has 2 atom stereocenters. The summed E-state index contributed by atoms with van der Waals surface area (Å²) < 4.78 is 32.0. The second-order valence-electron chi connectivity index (χ2n) is 8.12. The Kier molecular flexibility index (Phi) is 12.5. The predicted octanol–water partition coefficient (Wildman–Crippen LogP) is 3.66. The van der Waals surface area contributed by atoms with E-state index in [1.807, 2.05) is 0 Å². The lowest BCUT2D eigenvalue weighted by Gasteiger charge is -2.31. The fraction of sp³-hybridized carbons (Fsp3) is 0.938. The normalized spacial score (nSPS) is 16.0. The summed E-state index contributed by atoms with van der Waals surface area (Å²) in [6, 6.07) is 0.991.